The lowest BCUT2D eigenvalue weighted by Crippen LogP contribution is -2.50. The van der Waals surface area contributed by atoms with Gasteiger partial charge in [0.15, 0.2) is 0 Å². The number of fused-ring (bicyclic) bond motifs is 2. The van der Waals surface area contributed by atoms with E-state index in [0.717, 1.165) is 18.8 Å². The number of rotatable bonds is 1. The molecule has 0 aliphatic carbocycles. The van der Waals surface area contributed by atoms with Crippen molar-refractivity contribution in [2.24, 2.45) is 0 Å². The van der Waals surface area contributed by atoms with E-state index in [1.165, 1.54) is 6.33 Å². The summed E-state index contributed by atoms with van der Waals surface area (Å²) in [5.41, 5.74) is -0.460. The first-order valence-electron chi connectivity index (χ1n) is 7.07. The molecular weight excluding hydrogens is 292 g/mol. The van der Waals surface area contributed by atoms with Gasteiger partial charge in [0.1, 0.15) is 22.9 Å². The van der Waals surface area contributed by atoms with Gasteiger partial charge in [-0.3, -0.25) is 0 Å². The van der Waals surface area contributed by atoms with Crippen molar-refractivity contribution in [3.8, 4) is 0 Å². The second kappa shape index (κ2) is 5.02. The molecule has 2 aliphatic rings. The number of hydrogen-bond donors (Lipinski definition) is 0. The number of hydrogen-bond acceptors (Lipinski definition) is 5. The Bertz CT molecular complexity index is 560. The summed E-state index contributed by atoms with van der Waals surface area (Å²) in [6, 6.07) is 2.21. The second-order valence-corrected chi connectivity index (χ2v) is 6.91. The van der Waals surface area contributed by atoms with E-state index in [4.69, 9.17) is 16.3 Å². The molecule has 3 heterocycles. The van der Waals surface area contributed by atoms with Crippen molar-refractivity contribution in [2.75, 3.05) is 18.0 Å². The number of aromatic nitrogens is 2. The van der Waals surface area contributed by atoms with Crippen LogP contribution in [0.15, 0.2) is 12.4 Å². The van der Waals surface area contributed by atoms with Crippen LogP contribution >= 0.6 is 11.6 Å². The van der Waals surface area contributed by atoms with Gasteiger partial charge in [-0.1, -0.05) is 11.6 Å². The average molecular weight is 311 g/mol. The Kier molecular flexibility index (Phi) is 3.43. The molecule has 0 unspecified atom stereocenters. The minimum atomic E-state index is -0.460. The molecule has 1 aromatic heterocycles. The third-order valence-electron chi connectivity index (χ3n) is 3.78. The minimum absolute atomic E-state index is 0.179. The van der Waals surface area contributed by atoms with Crippen LogP contribution in [-0.4, -0.2) is 51.7 Å². The molecule has 21 heavy (non-hydrogen) atoms. The monoisotopic (exact) mass is 310 g/mol. The number of piperazine rings is 1. The van der Waals surface area contributed by atoms with Gasteiger partial charge >= 0.3 is 6.09 Å². The first-order chi connectivity index (χ1) is 9.83. The third-order valence-corrected chi connectivity index (χ3v) is 3.99. The van der Waals surface area contributed by atoms with Crippen molar-refractivity contribution in [1.82, 2.24) is 14.9 Å². The molecule has 2 aliphatic heterocycles. The highest BCUT2D eigenvalue weighted by molar-refractivity contribution is 6.29. The Morgan fingerprint density at radius 2 is 2.10 bits per heavy atom. The summed E-state index contributed by atoms with van der Waals surface area (Å²) in [5.74, 6) is 0.825. The molecule has 0 spiro atoms. The molecular formula is C14H19ClN4O2. The zero-order valence-corrected chi connectivity index (χ0v) is 13.2. The van der Waals surface area contributed by atoms with Crippen LogP contribution in [0.25, 0.3) is 0 Å². The van der Waals surface area contributed by atoms with Crippen LogP contribution in [0.2, 0.25) is 5.15 Å². The van der Waals surface area contributed by atoms with E-state index in [2.05, 4.69) is 14.9 Å². The van der Waals surface area contributed by atoms with Crippen molar-refractivity contribution in [2.45, 2.75) is 44.9 Å². The van der Waals surface area contributed by atoms with Crippen molar-refractivity contribution in [3.63, 3.8) is 0 Å². The summed E-state index contributed by atoms with van der Waals surface area (Å²) < 4.78 is 5.46. The number of amides is 1. The molecule has 2 bridgehead atoms. The Labute approximate surface area is 129 Å². The molecule has 2 fully saturated rings. The highest BCUT2D eigenvalue weighted by Gasteiger charge is 2.47. The fraction of sp³-hybridized carbons (Fsp3) is 0.643. The first-order valence-corrected chi connectivity index (χ1v) is 7.45. The highest BCUT2D eigenvalue weighted by atomic mass is 35.5. The Morgan fingerprint density at radius 1 is 1.33 bits per heavy atom. The van der Waals surface area contributed by atoms with Crippen molar-refractivity contribution >= 4 is 23.5 Å². The van der Waals surface area contributed by atoms with Gasteiger partial charge in [-0.15, -0.1) is 0 Å². The number of carbonyl (C=O) groups is 1. The van der Waals surface area contributed by atoms with E-state index in [1.807, 2.05) is 25.7 Å². The van der Waals surface area contributed by atoms with E-state index in [9.17, 15) is 4.79 Å². The molecule has 3 rings (SSSR count). The van der Waals surface area contributed by atoms with Gasteiger partial charge in [0.2, 0.25) is 0 Å². The number of halogens is 1. The number of likely N-dealkylation sites (tertiary alicyclic amines) is 1. The van der Waals surface area contributed by atoms with E-state index in [0.29, 0.717) is 11.7 Å². The summed E-state index contributed by atoms with van der Waals surface area (Å²) in [6.07, 6.45) is 2.19. The van der Waals surface area contributed by atoms with Gasteiger partial charge in [-0.2, -0.15) is 0 Å². The molecule has 1 amide bonds. The lowest BCUT2D eigenvalue weighted by atomic mass is 10.2. The third kappa shape index (κ3) is 2.90. The predicted octanol–water partition coefficient (Wildman–Crippen LogP) is 2.33. The smallest absolute Gasteiger partial charge is 0.410 e. The Balaban J connectivity index is 1.68. The zero-order chi connectivity index (χ0) is 15.2. The quantitative estimate of drug-likeness (QED) is 0.745. The van der Waals surface area contributed by atoms with Gasteiger partial charge in [0, 0.05) is 19.2 Å². The SMILES string of the molecule is CC(C)(C)OC(=O)N1C[C@@H]2C[C@H]1CN2c1cc(Cl)ncn1. The lowest BCUT2D eigenvalue weighted by molar-refractivity contribution is 0.0214. The molecule has 0 saturated carbocycles. The summed E-state index contributed by atoms with van der Waals surface area (Å²) in [4.78, 5) is 24.4. The average Bonchev–Trinajstić information content (AvgIpc) is 2.96. The van der Waals surface area contributed by atoms with Gasteiger partial charge in [-0.25, -0.2) is 14.8 Å². The molecule has 0 radical (unpaired) electrons. The number of anilines is 1. The summed E-state index contributed by atoms with van der Waals surface area (Å²) in [5, 5.41) is 0.437. The molecule has 6 nitrogen and oxygen atoms in total. The van der Waals surface area contributed by atoms with Gasteiger partial charge < -0.3 is 14.5 Å². The molecule has 0 aromatic carbocycles. The maximum atomic E-state index is 12.2. The van der Waals surface area contributed by atoms with Crippen LogP contribution in [0.1, 0.15) is 27.2 Å². The van der Waals surface area contributed by atoms with Gasteiger partial charge in [-0.05, 0) is 27.2 Å². The number of nitrogens with zero attached hydrogens (tertiary/aromatic N) is 4. The molecule has 2 saturated heterocycles. The standard InChI is InChI=1S/C14H19ClN4O2/c1-14(2,3)21-13(20)19-7-9-4-10(19)6-18(9)12-5-11(15)16-8-17-12/h5,8-10H,4,6-7H2,1-3H3/t9-,10-/m0/s1. The number of carbonyl (C=O) groups excluding carboxylic acids is 1. The van der Waals surface area contributed by atoms with Crippen LogP contribution in [0.5, 0.6) is 0 Å². The summed E-state index contributed by atoms with van der Waals surface area (Å²) in [6.45, 7) is 7.08. The molecule has 0 N–H and O–H groups in total. The fourth-order valence-corrected chi connectivity index (χ4v) is 3.11. The predicted molar refractivity (Wildman–Crippen MR) is 79.5 cm³/mol. The van der Waals surface area contributed by atoms with Crippen LogP contribution in [-0.2, 0) is 4.74 Å². The maximum absolute atomic E-state index is 12.2. The normalized spacial score (nSPS) is 24.6. The van der Waals surface area contributed by atoms with E-state index < -0.39 is 5.60 Å². The summed E-state index contributed by atoms with van der Waals surface area (Å²) >= 11 is 5.91. The fourth-order valence-electron chi connectivity index (χ4n) is 2.97. The van der Waals surface area contributed by atoms with Crippen molar-refractivity contribution in [1.29, 1.82) is 0 Å². The van der Waals surface area contributed by atoms with Gasteiger partial charge in [0.25, 0.3) is 0 Å². The highest BCUT2D eigenvalue weighted by Crippen LogP contribution is 2.34. The first kappa shape index (κ1) is 14.4. The summed E-state index contributed by atoms with van der Waals surface area (Å²) in [7, 11) is 0. The zero-order valence-electron chi connectivity index (χ0n) is 12.4. The topological polar surface area (TPSA) is 58.6 Å². The molecule has 114 valence electrons. The van der Waals surface area contributed by atoms with E-state index in [1.54, 1.807) is 6.07 Å². The van der Waals surface area contributed by atoms with E-state index in [-0.39, 0.29) is 18.2 Å². The van der Waals surface area contributed by atoms with Crippen LogP contribution < -0.4 is 4.90 Å². The maximum Gasteiger partial charge on any atom is 0.410 e. The van der Waals surface area contributed by atoms with Crippen LogP contribution in [0, 0.1) is 0 Å². The molecule has 1 aromatic rings. The van der Waals surface area contributed by atoms with Crippen LogP contribution in [0.4, 0.5) is 10.6 Å². The number of ether oxygens (including phenoxy) is 1. The van der Waals surface area contributed by atoms with Crippen LogP contribution in [0.3, 0.4) is 0 Å². The Hall–Kier alpha value is -1.56. The van der Waals surface area contributed by atoms with Crippen molar-refractivity contribution in [3.05, 3.63) is 17.5 Å². The second-order valence-electron chi connectivity index (χ2n) is 6.53. The largest absolute Gasteiger partial charge is 0.444 e. The molecule has 2 atom stereocenters. The van der Waals surface area contributed by atoms with Gasteiger partial charge in [0.05, 0.1) is 12.1 Å². The molecule has 7 heteroatoms. The van der Waals surface area contributed by atoms with E-state index >= 15 is 0 Å². The lowest BCUT2D eigenvalue weighted by Gasteiger charge is -2.35. The van der Waals surface area contributed by atoms with Crippen molar-refractivity contribution < 1.29 is 9.53 Å². The Morgan fingerprint density at radius 3 is 2.67 bits per heavy atom. The minimum Gasteiger partial charge on any atom is -0.444 e.